The summed E-state index contributed by atoms with van der Waals surface area (Å²) in [6.07, 6.45) is 2.79. The molecule has 2 aromatic rings. The molecule has 1 aliphatic rings. The van der Waals surface area contributed by atoms with Crippen LogP contribution in [0.3, 0.4) is 0 Å². The number of hydrogen-bond acceptors (Lipinski definition) is 1. The minimum absolute atomic E-state index is 0.0444. The van der Waals surface area contributed by atoms with Crippen LogP contribution in [0.2, 0.25) is 5.02 Å². The summed E-state index contributed by atoms with van der Waals surface area (Å²) in [5.41, 5.74) is 1.36. The quantitative estimate of drug-likeness (QED) is 0.800. The molecule has 1 saturated carbocycles. The van der Waals surface area contributed by atoms with Crippen molar-refractivity contribution >= 4 is 39.1 Å². The molecule has 0 atom stereocenters. The second-order valence-electron chi connectivity index (χ2n) is 5.38. The molecule has 0 aromatic heterocycles. The maximum Gasteiger partial charge on any atom is 0.235 e. The summed E-state index contributed by atoms with van der Waals surface area (Å²) in [5.74, 6) is 0.0444. The average molecular weight is 365 g/mol. The van der Waals surface area contributed by atoms with E-state index in [4.69, 9.17) is 11.6 Å². The van der Waals surface area contributed by atoms with E-state index in [9.17, 15) is 4.79 Å². The predicted octanol–water partition coefficient (Wildman–Crippen LogP) is 5.16. The second kappa shape index (κ2) is 5.82. The van der Waals surface area contributed by atoms with Gasteiger partial charge in [-0.15, -0.1) is 0 Å². The number of para-hydroxylation sites is 1. The van der Waals surface area contributed by atoms with E-state index in [-0.39, 0.29) is 5.91 Å². The summed E-state index contributed by atoms with van der Waals surface area (Å²) in [6, 6.07) is 15.3. The molecule has 0 radical (unpaired) electrons. The summed E-state index contributed by atoms with van der Waals surface area (Å²) >= 11 is 9.55. The third kappa shape index (κ3) is 2.72. The zero-order valence-corrected chi connectivity index (χ0v) is 13.7. The van der Waals surface area contributed by atoms with Gasteiger partial charge in [0.2, 0.25) is 5.91 Å². The van der Waals surface area contributed by atoms with Crippen LogP contribution in [0.25, 0.3) is 0 Å². The van der Waals surface area contributed by atoms with E-state index >= 15 is 0 Å². The Bertz CT molecular complexity index is 682. The fourth-order valence-corrected chi connectivity index (χ4v) is 3.34. The SMILES string of the molecule is O=C(Nc1ccccc1Br)C1(c2cccc(Cl)c2)CCC1. The first-order chi connectivity index (χ1) is 10.1. The molecular weight excluding hydrogens is 350 g/mol. The Labute approximate surface area is 137 Å². The van der Waals surface area contributed by atoms with Crippen LogP contribution in [0.1, 0.15) is 24.8 Å². The third-order valence-corrected chi connectivity index (χ3v) is 5.07. The van der Waals surface area contributed by atoms with E-state index in [2.05, 4.69) is 21.2 Å². The van der Waals surface area contributed by atoms with E-state index in [0.717, 1.165) is 35.0 Å². The van der Waals surface area contributed by atoms with Crippen molar-refractivity contribution in [2.24, 2.45) is 0 Å². The lowest BCUT2D eigenvalue weighted by Crippen LogP contribution is -2.46. The van der Waals surface area contributed by atoms with Crippen LogP contribution in [-0.2, 0) is 10.2 Å². The minimum Gasteiger partial charge on any atom is -0.324 e. The van der Waals surface area contributed by atoms with E-state index in [0.29, 0.717) is 5.02 Å². The van der Waals surface area contributed by atoms with Crippen LogP contribution >= 0.6 is 27.5 Å². The Hall–Kier alpha value is -1.32. The van der Waals surface area contributed by atoms with Crippen molar-refractivity contribution in [3.8, 4) is 0 Å². The van der Waals surface area contributed by atoms with Gasteiger partial charge in [-0.2, -0.15) is 0 Å². The standard InChI is InChI=1S/C17H15BrClNO/c18-14-7-1-2-8-15(14)20-16(21)17(9-4-10-17)12-5-3-6-13(19)11-12/h1-3,5-8,11H,4,9-10H2,(H,20,21). The van der Waals surface area contributed by atoms with Crippen LogP contribution in [0.15, 0.2) is 53.0 Å². The molecule has 2 nitrogen and oxygen atoms in total. The van der Waals surface area contributed by atoms with Gasteiger partial charge >= 0.3 is 0 Å². The monoisotopic (exact) mass is 363 g/mol. The van der Waals surface area contributed by atoms with Gasteiger partial charge in [-0.25, -0.2) is 0 Å². The second-order valence-corrected chi connectivity index (χ2v) is 6.67. The molecule has 1 N–H and O–H groups in total. The van der Waals surface area contributed by atoms with Crippen molar-refractivity contribution in [2.75, 3.05) is 5.32 Å². The number of amides is 1. The Kier molecular flexibility index (Phi) is 4.05. The molecule has 0 heterocycles. The summed E-state index contributed by atoms with van der Waals surface area (Å²) in [5, 5.41) is 3.72. The molecule has 1 fully saturated rings. The smallest absolute Gasteiger partial charge is 0.235 e. The summed E-state index contributed by atoms with van der Waals surface area (Å²) in [4.78, 5) is 12.8. The topological polar surface area (TPSA) is 29.1 Å². The van der Waals surface area contributed by atoms with Crippen molar-refractivity contribution in [3.63, 3.8) is 0 Å². The van der Waals surface area contributed by atoms with Crippen LogP contribution < -0.4 is 5.32 Å². The van der Waals surface area contributed by atoms with E-state index < -0.39 is 5.41 Å². The normalized spacial score (nSPS) is 16.1. The number of anilines is 1. The Morgan fingerprint density at radius 2 is 1.90 bits per heavy atom. The molecule has 21 heavy (non-hydrogen) atoms. The molecule has 2 aromatic carbocycles. The summed E-state index contributed by atoms with van der Waals surface area (Å²) in [7, 11) is 0. The third-order valence-electron chi connectivity index (χ3n) is 4.14. The van der Waals surface area contributed by atoms with Crippen molar-refractivity contribution in [3.05, 3.63) is 63.6 Å². The van der Waals surface area contributed by atoms with Gasteiger partial charge in [0.05, 0.1) is 11.1 Å². The predicted molar refractivity (Wildman–Crippen MR) is 89.8 cm³/mol. The summed E-state index contributed by atoms with van der Waals surface area (Å²) in [6.45, 7) is 0. The first kappa shape index (κ1) is 14.6. The molecule has 3 rings (SSSR count). The van der Waals surface area contributed by atoms with Gasteiger partial charge in [-0.1, -0.05) is 42.3 Å². The summed E-state index contributed by atoms with van der Waals surface area (Å²) < 4.78 is 0.888. The van der Waals surface area contributed by atoms with Gasteiger partial charge in [0.25, 0.3) is 0 Å². The molecule has 4 heteroatoms. The number of benzene rings is 2. The van der Waals surface area contributed by atoms with Gasteiger partial charge in [0, 0.05) is 9.50 Å². The van der Waals surface area contributed by atoms with Gasteiger partial charge < -0.3 is 5.32 Å². The van der Waals surface area contributed by atoms with Gasteiger partial charge in [-0.3, -0.25) is 4.79 Å². The molecule has 0 aliphatic heterocycles. The maximum atomic E-state index is 12.8. The van der Waals surface area contributed by atoms with E-state index in [1.54, 1.807) is 0 Å². The van der Waals surface area contributed by atoms with Gasteiger partial charge in [-0.05, 0) is 58.6 Å². The number of carbonyl (C=O) groups excluding carboxylic acids is 1. The van der Waals surface area contributed by atoms with Crippen LogP contribution in [0.5, 0.6) is 0 Å². The fourth-order valence-electron chi connectivity index (χ4n) is 2.77. The number of nitrogens with one attached hydrogen (secondary N) is 1. The van der Waals surface area contributed by atoms with Gasteiger partial charge in [0.1, 0.15) is 0 Å². The van der Waals surface area contributed by atoms with Crippen LogP contribution in [0, 0.1) is 0 Å². The Balaban J connectivity index is 1.90. The van der Waals surface area contributed by atoms with Crippen LogP contribution in [0.4, 0.5) is 5.69 Å². The molecule has 0 bridgehead atoms. The largest absolute Gasteiger partial charge is 0.324 e. The van der Waals surface area contributed by atoms with E-state index in [1.165, 1.54) is 0 Å². The lowest BCUT2D eigenvalue weighted by atomic mass is 9.64. The van der Waals surface area contributed by atoms with E-state index in [1.807, 2.05) is 48.5 Å². The molecule has 0 unspecified atom stereocenters. The molecule has 0 saturated heterocycles. The number of rotatable bonds is 3. The van der Waals surface area contributed by atoms with Crippen molar-refractivity contribution in [2.45, 2.75) is 24.7 Å². The molecular formula is C17H15BrClNO. The van der Waals surface area contributed by atoms with Crippen molar-refractivity contribution in [1.29, 1.82) is 0 Å². The number of halogens is 2. The Morgan fingerprint density at radius 1 is 1.14 bits per heavy atom. The van der Waals surface area contributed by atoms with Crippen molar-refractivity contribution < 1.29 is 4.79 Å². The molecule has 1 amide bonds. The highest BCUT2D eigenvalue weighted by Crippen LogP contribution is 2.45. The average Bonchev–Trinajstić information content (AvgIpc) is 2.40. The first-order valence-corrected chi connectivity index (χ1v) is 8.11. The molecule has 1 aliphatic carbocycles. The van der Waals surface area contributed by atoms with Gasteiger partial charge in [0.15, 0.2) is 0 Å². The number of carbonyl (C=O) groups is 1. The molecule has 108 valence electrons. The Morgan fingerprint density at radius 3 is 2.52 bits per heavy atom. The molecule has 0 spiro atoms. The zero-order chi connectivity index (χ0) is 14.9. The zero-order valence-electron chi connectivity index (χ0n) is 11.4. The lowest BCUT2D eigenvalue weighted by Gasteiger charge is -2.40. The van der Waals surface area contributed by atoms with Crippen LogP contribution in [-0.4, -0.2) is 5.91 Å². The number of hydrogen-bond donors (Lipinski definition) is 1. The van der Waals surface area contributed by atoms with Crippen molar-refractivity contribution in [1.82, 2.24) is 0 Å². The maximum absolute atomic E-state index is 12.8. The first-order valence-electron chi connectivity index (χ1n) is 6.94. The lowest BCUT2D eigenvalue weighted by molar-refractivity contribution is -0.124. The fraction of sp³-hybridized carbons (Fsp3) is 0.235. The highest BCUT2D eigenvalue weighted by Gasteiger charge is 2.45. The highest BCUT2D eigenvalue weighted by molar-refractivity contribution is 9.10. The highest BCUT2D eigenvalue weighted by atomic mass is 79.9. The minimum atomic E-state index is -0.444.